The Balaban J connectivity index is 1.32. The van der Waals surface area contributed by atoms with E-state index in [1.165, 1.54) is 5.69 Å². The average Bonchev–Trinajstić information content (AvgIpc) is 2.83. The van der Waals surface area contributed by atoms with E-state index in [4.69, 9.17) is 4.74 Å². The zero-order chi connectivity index (χ0) is 20.8. The number of para-hydroxylation sites is 2. The van der Waals surface area contributed by atoms with E-state index in [1.54, 1.807) is 25.6 Å². The second kappa shape index (κ2) is 9.76. The van der Waals surface area contributed by atoms with Crippen molar-refractivity contribution in [3.05, 3.63) is 60.4 Å². The molecule has 1 amide bonds. The Labute approximate surface area is 178 Å². The minimum atomic E-state index is 0.0937. The van der Waals surface area contributed by atoms with Gasteiger partial charge in [0.25, 0.3) is 0 Å². The Morgan fingerprint density at radius 1 is 1.10 bits per heavy atom. The molecule has 0 bridgehead atoms. The molecule has 1 aromatic carbocycles. The molecule has 2 fully saturated rings. The Bertz CT molecular complexity index is 863. The van der Waals surface area contributed by atoms with Gasteiger partial charge in [-0.2, -0.15) is 0 Å². The minimum Gasteiger partial charge on any atom is -0.495 e. The maximum atomic E-state index is 12.7. The minimum absolute atomic E-state index is 0.0937. The van der Waals surface area contributed by atoms with E-state index in [1.807, 2.05) is 35.2 Å². The lowest BCUT2D eigenvalue weighted by atomic mass is 10.0. The number of piperidine rings is 1. The molecule has 1 aromatic heterocycles. The summed E-state index contributed by atoms with van der Waals surface area (Å²) < 4.78 is 5.53. The largest absolute Gasteiger partial charge is 0.495 e. The number of ether oxygens (including phenoxy) is 1. The van der Waals surface area contributed by atoms with Crippen molar-refractivity contribution < 1.29 is 9.53 Å². The molecule has 1 atom stereocenters. The molecule has 3 heterocycles. The lowest BCUT2D eigenvalue weighted by Gasteiger charge is -2.44. The highest BCUT2D eigenvalue weighted by molar-refractivity contribution is 5.91. The van der Waals surface area contributed by atoms with Crippen molar-refractivity contribution in [3.63, 3.8) is 0 Å². The third-order valence-electron chi connectivity index (χ3n) is 6.07. The first kappa shape index (κ1) is 20.4. The molecule has 158 valence electrons. The van der Waals surface area contributed by atoms with Crippen LogP contribution in [0.5, 0.6) is 5.75 Å². The van der Waals surface area contributed by atoms with Gasteiger partial charge in [0.05, 0.1) is 12.8 Å². The maximum Gasteiger partial charge on any atom is 0.246 e. The van der Waals surface area contributed by atoms with Gasteiger partial charge in [-0.1, -0.05) is 18.2 Å². The Morgan fingerprint density at radius 2 is 1.93 bits per heavy atom. The highest BCUT2D eigenvalue weighted by Crippen LogP contribution is 2.29. The smallest absolute Gasteiger partial charge is 0.246 e. The SMILES string of the molecule is COc1ccccc1N1CCN(C2CCCN(C(=O)/C=C/c3cccnc3)C2)CC1. The van der Waals surface area contributed by atoms with Gasteiger partial charge >= 0.3 is 0 Å². The number of rotatable bonds is 5. The summed E-state index contributed by atoms with van der Waals surface area (Å²) in [5.74, 6) is 1.03. The van der Waals surface area contributed by atoms with Crippen molar-refractivity contribution in [1.29, 1.82) is 0 Å². The van der Waals surface area contributed by atoms with Crippen LogP contribution in [0, 0.1) is 0 Å². The fourth-order valence-electron chi connectivity index (χ4n) is 4.42. The van der Waals surface area contributed by atoms with Crippen LogP contribution in [0.2, 0.25) is 0 Å². The van der Waals surface area contributed by atoms with E-state index < -0.39 is 0 Å². The number of methoxy groups -OCH3 is 1. The zero-order valence-electron chi connectivity index (χ0n) is 17.6. The summed E-state index contributed by atoms with van der Waals surface area (Å²) in [4.78, 5) is 23.7. The van der Waals surface area contributed by atoms with Crippen LogP contribution >= 0.6 is 0 Å². The van der Waals surface area contributed by atoms with Crippen molar-refractivity contribution in [3.8, 4) is 5.75 Å². The third kappa shape index (κ3) is 4.82. The first-order valence-electron chi connectivity index (χ1n) is 10.7. The molecule has 0 N–H and O–H groups in total. The van der Waals surface area contributed by atoms with Gasteiger partial charge in [-0.05, 0) is 42.7 Å². The molecule has 2 aliphatic heterocycles. The quantitative estimate of drug-likeness (QED) is 0.715. The Morgan fingerprint density at radius 3 is 2.70 bits per heavy atom. The number of anilines is 1. The summed E-state index contributed by atoms with van der Waals surface area (Å²) in [5.41, 5.74) is 2.12. The van der Waals surface area contributed by atoms with Gasteiger partial charge in [-0.25, -0.2) is 0 Å². The summed E-state index contributed by atoms with van der Waals surface area (Å²) in [5, 5.41) is 0. The number of carbonyl (C=O) groups is 1. The summed E-state index contributed by atoms with van der Waals surface area (Å²) in [6.45, 7) is 5.63. The summed E-state index contributed by atoms with van der Waals surface area (Å²) >= 11 is 0. The highest BCUT2D eigenvalue weighted by atomic mass is 16.5. The molecule has 0 radical (unpaired) electrons. The van der Waals surface area contributed by atoms with E-state index in [2.05, 4.69) is 26.9 Å². The van der Waals surface area contributed by atoms with Crippen LogP contribution in [0.3, 0.4) is 0 Å². The molecule has 2 aromatic rings. The predicted octanol–water partition coefficient (Wildman–Crippen LogP) is 2.92. The van der Waals surface area contributed by atoms with Crippen LogP contribution in [-0.2, 0) is 4.79 Å². The topological polar surface area (TPSA) is 48.9 Å². The highest BCUT2D eigenvalue weighted by Gasteiger charge is 2.29. The van der Waals surface area contributed by atoms with Crippen LogP contribution in [0.4, 0.5) is 5.69 Å². The number of piperazine rings is 1. The summed E-state index contributed by atoms with van der Waals surface area (Å²) in [6.07, 6.45) is 9.25. The Kier molecular flexibility index (Phi) is 6.64. The summed E-state index contributed by atoms with van der Waals surface area (Å²) in [7, 11) is 1.73. The van der Waals surface area contributed by atoms with E-state index in [-0.39, 0.29) is 5.91 Å². The normalized spacial score (nSPS) is 20.5. The van der Waals surface area contributed by atoms with Gasteiger partial charge in [0.15, 0.2) is 0 Å². The molecule has 4 rings (SSSR count). The number of hydrogen-bond acceptors (Lipinski definition) is 5. The molecule has 0 aliphatic carbocycles. The number of nitrogens with zero attached hydrogens (tertiary/aromatic N) is 4. The number of carbonyl (C=O) groups excluding carboxylic acids is 1. The lowest BCUT2D eigenvalue weighted by molar-refractivity contribution is -0.128. The molecule has 6 nitrogen and oxygen atoms in total. The first-order chi connectivity index (χ1) is 14.7. The van der Waals surface area contributed by atoms with Crippen molar-refractivity contribution in [2.75, 3.05) is 51.3 Å². The van der Waals surface area contributed by atoms with E-state index in [0.717, 1.165) is 63.4 Å². The molecule has 2 saturated heterocycles. The maximum absolute atomic E-state index is 12.7. The number of pyridine rings is 1. The van der Waals surface area contributed by atoms with Crippen molar-refractivity contribution in [1.82, 2.24) is 14.8 Å². The second-order valence-corrected chi connectivity index (χ2v) is 7.89. The fourth-order valence-corrected chi connectivity index (χ4v) is 4.42. The van der Waals surface area contributed by atoms with Gasteiger partial charge in [0.2, 0.25) is 5.91 Å². The van der Waals surface area contributed by atoms with Crippen LogP contribution in [-0.4, -0.2) is 73.1 Å². The lowest BCUT2D eigenvalue weighted by Crippen LogP contribution is -2.55. The summed E-state index contributed by atoms with van der Waals surface area (Å²) in [6, 6.07) is 12.5. The number of amides is 1. The van der Waals surface area contributed by atoms with E-state index >= 15 is 0 Å². The zero-order valence-corrected chi connectivity index (χ0v) is 17.6. The van der Waals surface area contributed by atoms with Gasteiger partial charge in [-0.3, -0.25) is 14.7 Å². The molecule has 0 saturated carbocycles. The van der Waals surface area contributed by atoms with Crippen molar-refractivity contribution >= 4 is 17.7 Å². The molecular formula is C24H30N4O2. The van der Waals surface area contributed by atoms with Gasteiger partial charge in [-0.15, -0.1) is 0 Å². The van der Waals surface area contributed by atoms with E-state index in [0.29, 0.717) is 6.04 Å². The first-order valence-corrected chi connectivity index (χ1v) is 10.7. The van der Waals surface area contributed by atoms with Gasteiger partial charge in [0.1, 0.15) is 5.75 Å². The van der Waals surface area contributed by atoms with E-state index in [9.17, 15) is 4.79 Å². The molecule has 30 heavy (non-hydrogen) atoms. The van der Waals surface area contributed by atoms with Crippen LogP contribution in [0.1, 0.15) is 18.4 Å². The van der Waals surface area contributed by atoms with Gasteiger partial charge in [0, 0.05) is 63.8 Å². The average molecular weight is 407 g/mol. The molecule has 0 spiro atoms. The number of likely N-dealkylation sites (tertiary alicyclic amines) is 1. The molecule has 6 heteroatoms. The molecular weight excluding hydrogens is 376 g/mol. The monoisotopic (exact) mass is 406 g/mol. The second-order valence-electron chi connectivity index (χ2n) is 7.89. The van der Waals surface area contributed by atoms with Crippen LogP contribution in [0.25, 0.3) is 6.08 Å². The number of hydrogen-bond donors (Lipinski definition) is 0. The molecule has 2 aliphatic rings. The third-order valence-corrected chi connectivity index (χ3v) is 6.07. The Hall–Kier alpha value is -2.86. The number of aromatic nitrogens is 1. The molecule has 1 unspecified atom stereocenters. The van der Waals surface area contributed by atoms with Crippen LogP contribution in [0.15, 0.2) is 54.9 Å². The predicted molar refractivity (Wildman–Crippen MR) is 120 cm³/mol. The van der Waals surface area contributed by atoms with Gasteiger partial charge < -0.3 is 14.5 Å². The van der Waals surface area contributed by atoms with Crippen molar-refractivity contribution in [2.24, 2.45) is 0 Å². The standard InChI is InChI=1S/C24H30N4O2/c1-30-23-9-3-2-8-22(23)27-16-14-26(15-17-27)21-7-5-13-28(19-21)24(29)11-10-20-6-4-12-25-18-20/h2-4,6,8-12,18,21H,5,7,13-17,19H2,1H3/b11-10+. The van der Waals surface area contributed by atoms with Crippen molar-refractivity contribution in [2.45, 2.75) is 18.9 Å². The number of benzene rings is 1. The fraction of sp³-hybridized carbons (Fsp3) is 0.417. The van der Waals surface area contributed by atoms with Crippen LogP contribution < -0.4 is 9.64 Å².